The van der Waals surface area contributed by atoms with E-state index in [0.29, 0.717) is 0 Å². The number of rotatable bonds is 5. The summed E-state index contributed by atoms with van der Waals surface area (Å²) in [6.07, 6.45) is 6.05. The van der Waals surface area contributed by atoms with Crippen molar-refractivity contribution in [1.82, 2.24) is 14.8 Å². The number of hydrogen-bond donors (Lipinski definition) is 0. The number of pyridine rings is 1. The Bertz CT molecular complexity index is 614. The van der Waals surface area contributed by atoms with Gasteiger partial charge in [-0.2, -0.15) is 0 Å². The van der Waals surface area contributed by atoms with Gasteiger partial charge < -0.3 is 0 Å². The van der Waals surface area contributed by atoms with E-state index < -0.39 is 0 Å². The monoisotopic (exact) mass is 307 g/mol. The van der Waals surface area contributed by atoms with E-state index in [9.17, 15) is 0 Å². The van der Waals surface area contributed by atoms with Gasteiger partial charge in [0.1, 0.15) is 0 Å². The van der Waals surface area contributed by atoms with Crippen molar-refractivity contribution >= 4 is 6.08 Å². The molecule has 0 radical (unpaired) electrons. The first-order valence-electron chi connectivity index (χ1n) is 8.35. The molecule has 1 aromatic heterocycles. The lowest BCUT2D eigenvalue weighted by Gasteiger charge is -2.34. The standard InChI is InChI=1S/C20H25N3/c1-18(15-19-5-3-2-4-6-19)16-22-11-13-23(14-12-22)17-20-7-9-21-10-8-20/h2-10,15H,11-14,16-17H2,1H3/b18-15+. The second-order valence-corrected chi connectivity index (χ2v) is 6.31. The molecule has 1 fully saturated rings. The SMILES string of the molecule is C/C(=C\c1ccccc1)CN1CCN(Cc2ccncc2)CC1. The number of benzene rings is 1. The third kappa shape index (κ3) is 5.02. The molecule has 0 N–H and O–H groups in total. The van der Waals surface area contributed by atoms with E-state index in [4.69, 9.17) is 0 Å². The van der Waals surface area contributed by atoms with Crippen molar-refractivity contribution in [3.8, 4) is 0 Å². The van der Waals surface area contributed by atoms with Crippen molar-refractivity contribution < 1.29 is 0 Å². The van der Waals surface area contributed by atoms with Crippen LogP contribution < -0.4 is 0 Å². The maximum Gasteiger partial charge on any atom is 0.0271 e. The molecular weight excluding hydrogens is 282 g/mol. The first-order valence-corrected chi connectivity index (χ1v) is 8.35. The van der Waals surface area contributed by atoms with Crippen LogP contribution in [0.25, 0.3) is 6.08 Å². The number of piperazine rings is 1. The molecule has 0 aliphatic carbocycles. The molecule has 0 bridgehead atoms. The van der Waals surface area contributed by atoms with Crippen molar-refractivity contribution in [1.29, 1.82) is 0 Å². The number of nitrogens with zero attached hydrogens (tertiary/aromatic N) is 3. The molecule has 3 nitrogen and oxygen atoms in total. The smallest absolute Gasteiger partial charge is 0.0271 e. The zero-order chi connectivity index (χ0) is 15.9. The normalized spacial score (nSPS) is 17.3. The largest absolute Gasteiger partial charge is 0.297 e. The Morgan fingerprint density at radius 3 is 2.30 bits per heavy atom. The lowest BCUT2D eigenvalue weighted by Crippen LogP contribution is -2.46. The Morgan fingerprint density at radius 2 is 1.61 bits per heavy atom. The van der Waals surface area contributed by atoms with Gasteiger partial charge in [0.15, 0.2) is 0 Å². The van der Waals surface area contributed by atoms with Crippen LogP contribution in [0, 0.1) is 0 Å². The van der Waals surface area contributed by atoms with Gasteiger partial charge >= 0.3 is 0 Å². The molecule has 1 aromatic carbocycles. The average molecular weight is 307 g/mol. The summed E-state index contributed by atoms with van der Waals surface area (Å²) in [6.45, 7) is 8.90. The van der Waals surface area contributed by atoms with E-state index in [1.165, 1.54) is 16.7 Å². The Kier molecular flexibility index (Phi) is 5.56. The van der Waals surface area contributed by atoms with E-state index in [0.717, 1.165) is 39.3 Å². The van der Waals surface area contributed by atoms with Crippen molar-refractivity contribution in [3.05, 3.63) is 71.6 Å². The highest BCUT2D eigenvalue weighted by molar-refractivity contribution is 5.52. The summed E-state index contributed by atoms with van der Waals surface area (Å²) in [5.41, 5.74) is 4.08. The van der Waals surface area contributed by atoms with Gasteiger partial charge in [-0.3, -0.25) is 14.8 Å². The number of hydrogen-bond acceptors (Lipinski definition) is 3. The van der Waals surface area contributed by atoms with Crippen LogP contribution in [0.3, 0.4) is 0 Å². The Balaban J connectivity index is 1.46. The van der Waals surface area contributed by atoms with Crippen LogP contribution in [0.1, 0.15) is 18.1 Å². The van der Waals surface area contributed by atoms with Gasteiger partial charge in [0.05, 0.1) is 0 Å². The predicted molar refractivity (Wildman–Crippen MR) is 96.0 cm³/mol. The fourth-order valence-electron chi connectivity index (χ4n) is 3.08. The molecule has 120 valence electrons. The molecule has 0 saturated carbocycles. The molecule has 23 heavy (non-hydrogen) atoms. The highest BCUT2D eigenvalue weighted by Gasteiger charge is 2.16. The molecule has 3 rings (SSSR count). The zero-order valence-corrected chi connectivity index (χ0v) is 13.9. The van der Waals surface area contributed by atoms with Gasteiger partial charge in [-0.15, -0.1) is 0 Å². The summed E-state index contributed by atoms with van der Waals surface area (Å²) >= 11 is 0. The van der Waals surface area contributed by atoms with Crippen LogP contribution in [0.5, 0.6) is 0 Å². The average Bonchev–Trinajstić information content (AvgIpc) is 2.58. The molecule has 2 aromatic rings. The van der Waals surface area contributed by atoms with Crippen molar-refractivity contribution in [2.45, 2.75) is 13.5 Å². The molecule has 0 unspecified atom stereocenters. The van der Waals surface area contributed by atoms with Gasteiger partial charge in [-0.05, 0) is 30.2 Å². The lowest BCUT2D eigenvalue weighted by molar-refractivity contribution is 0.135. The van der Waals surface area contributed by atoms with Gasteiger partial charge in [0.25, 0.3) is 0 Å². The Hall–Kier alpha value is -1.97. The quantitative estimate of drug-likeness (QED) is 0.845. The fourth-order valence-corrected chi connectivity index (χ4v) is 3.08. The minimum absolute atomic E-state index is 1.04. The highest BCUT2D eigenvalue weighted by atomic mass is 15.3. The third-order valence-electron chi connectivity index (χ3n) is 4.31. The van der Waals surface area contributed by atoms with Gasteiger partial charge in [-0.1, -0.05) is 42.0 Å². The van der Waals surface area contributed by atoms with Crippen LogP contribution in [0.2, 0.25) is 0 Å². The molecule has 0 amide bonds. The maximum absolute atomic E-state index is 4.08. The van der Waals surface area contributed by atoms with Crippen LogP contribution in [0.15, 0.2) is 60.4 Å². The van der Waals surface area contributed by atoms with E-state index in [2.05, 4.69) is 70.2 Å². The lowest BCUT2D eigenvalue weighted by atomic mass is 10.1. The van der Waals surface area contributed by atoms with Crippen LogP contribution >= 0.6 is 0 Å². The summed E-state index contributed by atoms with van der Waals surface area (Å²) < 4.78 is 0. The minimum Gasteiger partial charge on any atom is -0.297 e. The van der Waals surface area contributed by atoms with E-state index >= 15 is 0 Å². The van der Waals surface area contributed by atoms with E-state index in [-0.39, 0.29) is 0 Å². The Morgan fingerprint density at radius 1 is 0.957 bits per heavy atom. The predicted octanol–water partition coefficient (Wildman–Crippen LogP) is 3.30. The van der Waals surface area contributed by atoms with E-state index in [1.807, 2.05) is 12.4 Å². The summed E-state index contributed by atoms with van der Waals surface area (Å²) in [7, 11) is 0. The summed E-state index contributed by atoms with van der Waals surface area (Å²) in [6, 6.07) is 14.8. The van der Waals surface area contributed by atoms with Gasteiger partial charge in [0, 0.05) is 51.7 Å². The van der Waals surface area contributed by atoms with Crippen LogP contribution in [-0.4, -0.2) is 47.5 Å². The van der Waals surface area contributed by atoms with Gasteiger partial charge in [-0.25, -0.2) is 0 Å². The highest BCUT2D eigenvalue weighted by Crippen LogP contribution is 2.11. The second-order valence-electron chi connectivity index (χ2n) is 6.31. The number of aromatic nitrogens is 1. The molecular formula is C20H25N3. The molecule has 1 aliphatic rings. The van der Waals surface area contributed by atoms with Crippen LogP contribution in [-0.2, 0) is 6.54 Å². The molecule has 1 aliphatic heterocycles. The molecule has 1 saturated heterocycles. The summed E-state index contributed by atoms with van der Waals surface area (Å²) in [5, 5.41) is 0. The van der Waals surface area contributed by atoms with Crippen molar-refractivity contribution in [2.75, 3.05) is 32.7 Å². The van der Waals surface area contributed by atoms with Crippen LogP contribution in [0.4, 0.5) is 0 Å². The Labute approximate surface area is 139 Å². The second kappa shape index (κ2) is 8.04. The first-order chi connectivity index (χ1) is 11.3. The zero-order valence-electron chi connectivity index (χ0n) is 13.9. The van der Waals surface area contributed by atoms with Crippen molar-refractivity contribution in [2.24, 2.45) is 0 Å². The third-order valence-corrected chi connectivity index (χ3v) is 4.31. The molecule has 3 heteroatoms. The summed E-state index contributed by atoms with van der Waals surface area (Å²) in [4.78, 5) is 9.17. The molecule has 0 atom stereocenters. The molecule has 2 heterocycles. The topological polar surface area (TPSA) is 19.4 Å². The maximum atomic E-state index is 4.08. The molecule has 0 spiro atoms. The van der Waals surface area contributed by atoms with Crippen molar-refractivity contribution in [3.63, 3.8) is 0 Å². The first kappa shape index (κ1) is 15.9. The summed E-state index contributed by atoms with van der Waals surface area (Å²) in [5.74, 6) is 0. The minimum atomic E-state index is 1.04. The van der Waals surface area contributed by atoms with Gasteiger partial charge in [0.2, 0.25) is 0 Å². The fraction of sp³-hybridized carbons (Fsp3) is 0.350. The van der Waals surface area contributed by atoms with E-state index in [1.54, 1.807) is 0 Å².